The molecule has 6 nitrogen and oxygen atoms in total. The highest BCUT2D eigenvalue weighted by Gasteiger charge is 2.32. The number of aryl methyl sites for hydroxylation is 1. The molecule has 106 valence electrons. The molecule has 0 atom stereocenters. The molecule has 3 N–H and O–H groups in total. The van der Waals surface area contributed by atoms with E-state index in [1.165, 1.54) is 0 Å². The van der Waals surface area contributed by atoms with Gasteiger partial charge in [0.1, 0.15) is 5.92 Å². The molecule has 0 saturated carbocycles. The second-order valence-electron chi connectivity index (χ2n) is 4.58. The summed E-state index contributed by atoms with van der Waals surface area (Å²) in [4.78, 5) is 34.4. The molecule has 1 aliphatic heterocycles. The van der Waals surface area contributed by atoms with E-state index in [1.54, 1.807) is 18.2 Å². The van der Waals surface area contributed by atoms with E-state index < -0.39 is 17.7 Å². The topological polar surface area (TPSA) is 87.3 Å². The highest BCUT2D eigenvalue weighted by molar-refractivity contribution is 6.31. The first-order valence-corrected chi connectivity index (χ1v) is 6.51. The van der Waals surface area contributed by atoms with Crippen LogP contribution in [0.1, 0.15) is 18.4 Å². The molecular formula is C13H14ClN3O3. The fourth-order valence-electron chi connectivity index (χ4n) is 1.90. The molecule has 3 amide bonds. The number of nitrogens with one attached hydrogen (secondary N) is 3. The third-order valence-corrected chi connectivity index (χ3v) is 3.31. The predicted molar refractivity (Wildman–Crippen MR) is 73.8 cm³/mol. The molecule has 1 heterocycles. The lowest BCUT2D eigenvalue weighted by Gasteiger charge is -2.09. The molecule has 1 aliphatic rings. The summed E-state index contributed by atoms with van der Waals surface area (Å²) in [5.74, 6) is -1.87. The number of carbonyl (C=O) groups excluding carboxylic acids is 3. The van der Waals surface area contributed by atoms with Crippen molar-refractivity contribution < 1.29 is 14.4 Å². The van der Waals surface area contributed by atoms with Crippen LogP contribution in [0.3, 0.4) is 0 Å². The molecular weight excluding hydrogens is 282 g/mol. The zero-order valence-electron chi connectivity index (χ0n) is 10.8. The SMILES string of the molecule is Cc1ccc(Cl)cc1NC(=O)CCC1C(=O)NNC1=O. The molecule has 0 radical (unpaired) electrons. The van der Waals surface area contributed by atoms with Gasteiger partial charge < -0.3 is 5.32 Å². The van der Waals surface area contributed by atoms with Crippen LogP contribution < -0.4 is 16.2 Å². The van der Waals surface area contributed by atoms with Crippen LogP contribution in [0.2, 0.25) is 5.02 Å². The zero-order valence-corrected chi connectivity index (χ0v) is 11.6. The lowest BCUT2D eigenvalue weighted by atomic mass is 10.0. The summed E-state index contributed by atoms with van der Waals surface area (Å²) >= 11 is 5.86. The Morgan fingerprint density at radius 3 is 2.60 bits per heavy atom. The van der Waals surface area contributed by atoms with E-state index in [4.69, 9.17) is 11.6 Å². The number of hydrogen-bond acceptors (Lipinski definition) is 3. The molecule has 0 unspecified atom stereocenters. The van der Waals surface area contributed by atoms with Crippen molar-refractivity contribution in [3.05, 3.63) is 28.8 Å². The monoisotopic (exact) mass is 295 g/mol. The van der Waals surface area contributed by atoms with Crippen molar-refractivity contribution in [2.75, 3.05) is 5.32 Å². The minimum atomic E-state index is -0.804. The first-order chi connectivity index (χ1) is 9.47. The number of hydrazine groups is 1. The van der Waals surface area contributed by atoms with Crippen LogP contribution in [0.4, 0.5) is 5.69 Å². The molecule has 0 aliphatic carbocycles. The minimum absolute atomic E-state index is 0.0808. The van der Waals surface area contributed by atoms with Crippen LogP contribution in [0, 0.1) is 12.8 Å². The van der Waals surface area contributed by atoms with Gasteiger partial charge in [-0.25, -0.2) is 0 Å². The lowest BCUT2D eigenvalue weighted by molar-refractivity contribution is -0.128. The molecule has 1 saturated heterocycles. The Hall–Kier alpha value is -2.08. The molecule has 7 heteroatoms. The summed E-state index contributed by atoms with van der Waals surface area (Å²) in [5, 5.41) is 3.25. The average molecular weight is 296 g/mol. The van der Waals surface area contributed by atoms with Crippen molar-refractivity contribution in [3.63, 3.8) is 0 Å². The van der Waals surface area contributed by atoms with Gasteiger partial charge in [-0.3, -0.25) is 25.2 Å². The Morgan fingerprint density at radius 1 is 1.30 bits per heavy atom. The number of rotatable bonds is 4. The fraction of sp³-hybridized carbons (Fsp3) is 0.308. The molecule has 1 aromatic carbocycles. The maximum Gasteiger partial charge on any atom is 0.251 e. The van der Waals surface area contributed by atoms with Crippen molar-refractivity contribution in [1.29, 1.82) is 0 Å². The Kier molecular flexibility index (Phi) is 4.24. The maximum absolute atomic E-state index is 11.8. The largest absolute Gasteiger partial charge is 0.326 e. The van der Waals surface area contributed by atoms with Crippen LogP contribution in [-0.4, -0.2) is 17.7 Å². The van der Waals surface area contributed by atoms with Gasteiger partial charge in [-0.05, 0) is 31.0 Å². The van der Waals surface area contributed by atoms with Crippen molar-refractivity contribution in [2.45, 2.75) is 19.8 Å². The van der Waals surface area contributed by atoms with Gasteiger partial charge in [0.2, 0.25) is 5.91 Å². The molecule has 20 heavy (non-hydrogen) atoms. The summed E-state index contributed by atoms with van der Waals surface area (Å²) in [6.07, 6.45) is 0.251. The third-order valence-electron chi connectivity index (χ3n) is 3.08. The second kappa shape index (κ2) is 5.92. The quantitative estimate of drug-likeness (QED) is 0.728. The van der Waals surface area contributed by atoms with Crippen molar-refractivity contribution in [1.82, 2.24) is 10.9 Å². The van der Waals surface area contributed by atoms with E-state index in [1.807, 2.05) is 6.92 Å². The molecule has 0 aromatic heterocycles. The second-order valence-corrected chi connectivity index (χ2v) is 5.01. The maximum atomic E-state index is 11.8. The van der Waals surface area contributed by atoms with Crippen LogP contribution in [0.15, 0.2) is 18.2 Å². The van der Waals surface area contributed by atoms with Gasteiger partial charge in [0.25, 0.3) is 11.8 Å². The van der Waals surface area contributed by atoms with Crippen LogP contribution in [0.25, 0.3) is 0 Å². The highest BCUT2D eigenvalue weighted by Crippen LogP contribution is 2.21. The normalized spacial score (nSPS) is 14.9. The van der Waals surface area contributed by atoms with Gasteiger partial charge in [0, 0.05) is 17.1 Å². The van der Waals surface area contributed by atoms with Crippen molar-refractivity contribution in [3.8, 4) is 0 Å². The van der Waals surface area contributed by atoms with Gasteiger partial charge in [0.05, 0.1) is 0 Å². The molecule has 1 aromatic rings. The van der Waals surface area contributed by atoms with E-state index in [0.717, 1.165) is 5.56 Å². The van der Waals surface area contributed by atoms with E-state index in [2.05, 4.69) is 16.2 Å². The summed E-state index contributed by atoms with van der Waals surface area (Å²) in [6, 6.07) is 5.19. The van der Waals surface area contributed by atoms with Crippen LogP contribution >= 0.6 is 11.6 Å². The van der Waals surface area contributed by atoms with E-state index in [9.17, 15) is 14.4 Å². The smallest absolute Gasteiger partial charge is 0.251 e. The summed E-state index contributed by atoms with van der Waals surface area (Å²) in [6.45, 7) is 1.85. The van der Waals surface area contributed by atoms with Gasteiger partial charge in [-0.15, -0.1) is 0 Å². The Labute approximate surface area is 120 Å². The van der Waals surface area contributed by atoms with Crippen molar-refractivity contribution in [2.24, 2.45) is 5.92 Å². The number of hydrogen-bond donors (Lipinski definition) is 3. The van der Waals surface area contributed by atoms with E-state index in [-0.39, 0.29) is 18.7 Å². The van der Waals surface area contributed by atoms with Gasteiger partial charge in [-0.2, -0.15) is 0 Å². The van der Waals surface area contributed by atoms with Crippen molar-refractivity contribution >= 4 is 35.0 Å². The predicted octanol–water partition coefficient (Wildman–Crippen LogP) is 1.14. The lowest BCUT2D eigenvalue weighted by Crippen LogP contribution is -2.28. The number of anilines is 1. The number of halogens is 1. The molecule has 2 rings (SSSR count). The first kappa shape index (κ1) is 14.3. The average Bonchev–Trinajstić information content (AvgIpc) is 2.71. The highest BCUT2D eigenvalue weighted by atomic mass is 35.5. The number of amides is 3. The van der Waals surface area contributed by atoms with Gasteiger partial charge in [0.15, 0.2) is 0 Å². The fourth-order valence-corrected chi connectivity index (χ4v) is 2.07. The molecule has 0 bridgehead atoms. The molecule has 0 spiro atoms. The third kappa shape index (κ3) is 3.27. The zero-order chi connectivity index (χ0) is 14.7. The Morgan fingerprint density at radius 2 is 1.95 bits per heavy atom. The van der Waals surface area contributed by atoms with Gasteiger partial charge >= 0.3 is 0 Å². The minimum Gasteiger partial charge on any atom is -0.326 e. The Balaban J connectivity index is 1.91. The van der Waals surface area contributed by atoms with E-state index >= 15 is 0 Å². The first-order valence-electron chi connectivity index (χ1n) is 6.13. The summed E-state index contributed by atoms with van der Waals surface area (Å²) < 4.78 is 0. The van der Waals surface area contributed by atoms with Crippen LogP contribution in [0.5, 0.6) is 0 Å². The van der Waals surface area contributed by atoms with Gasteiger partial charge in [-0.1, -0.05) is 17.7 Å². The number of carbonyl (C=O) groups is 3. The van der Waals surface area contributed by atoms with Crippen LogP contribution in [-0.2, 0) is 14.4 Å². The summed E-state index contributed by atoms with van der Waals surface area (Å²) in [5.41, 5.74) is 5.96. The van der Waals surface area contributed by atoms with E-state index in [0.29, 0.717) is 10.7 Å². The standard InChI is InChI=1S/C13H14ClN3O3/c1-7-2-3-8(14)6-10(7)15-11(18)5-4-9-12(19)16-17-13(9)20/h2-3,6,9H,4-5H2,1H3,(H,15,18)(H,16,19)(H,17,20). The Bertz CT molecular complexity index is 558. The molecule has 1 fully saturated rings. The number of benzene rings is 1. The summed E-state index contributed by atoms with van der Waals surface area (Å²) in [7, 11) is 0.